The van der Waals surface area contributed by atoms with Crippen molar-refractivity contribution in [1.82, 2.24) is 10.1 Å². The molecular formula is C14H19N3O. The lowest BCUT2D eigenvalue weighted by Gasteiger charge is -2.20. The van der Waals surface area contributed by atoms with Gasteiger partial charge in [-0.3, -0.25) is 0 Å². The minimum Gasteiger partial charge on any atom is -0.339 e. The first-order valence-corrected chi connectivity index (χ1v) is 6.16. The second-order valence-corrected chi connectivity index (χ2v) is 5.19. The van der Waals surface area contributed by atoms with Crippen molar-refractivity contribution in [3.63, 3.8) is 0 Å². The highest BCUT2D eigenvalue weighted by Crippen LogP contribution is 2.22. The molecule has 1 aromatic heterocycles. The van der Waals surface area contributed by atoms with E-state index < -0.39 is 5.54 Å². The number of aromatic nitrogens is 2. The number of nitrogens with two attached hydrogens (primary N) is 1. The molecule has 0 amide bonds. The van der Waals surface area contributed by atoms with Gasteiger partial charge in [-0.1, -0.05) is 49.3 Å². The van der Waals surface area contributed by atoms with Crippen LogP contribution in [0.4, 0.5) is 0 Å². The molecule has 96 valence electrons. The van der Waals surface area contributed by atoms with Crippen LogP contribution >= 0.6 is 0 Å². The molecule has 0 fully saturated rings. The molecule has 0 saturated heterocycles. The Morgan fingerprint density at radius 2 is 1.94 bits per heavy atom. The van der Waals surface area contributed by atoms with Gasteiger partial charge in [0.15, 0.2) is 5.82 Å². The predicted octanol–water partition coefficient (Wildman–Crippen LogP) is 2.61. The molecular weight excluding hydrogens is 226 g/mol. The van der Waals surface area contributed by atoms with Gasteiger partial charge in [-0.15, -0.1) is 0 Å². The molecule has 0 radical (unpaired) electrons. The normalized spacial score (nSPS) is 14.7. The average molecular weight is 245 g/mol. The molecule has 0 spiro atoms. The third-order valence-electron chi connectivity index (χ3n) is 2.86. The fourth-order valence-corrected chi connectivity index (χ4v) is 1.80. The van der Waals surface area contributed by atoms with E-state index in [0.29, 0.717) is 18.1 Å². The smallest absolute Gasteiger partial charge is 0.229 e. The lowest BCUT2D eigenvalue weighted by Crippen LogP contribution is -2.36. The highest BCUT2D eigenvalue weighted by molar-refractivity contribution is 5.19. The lowest BCUT2D eigenvalue weighted by atomic mass is 9.93. The topological polar surface area (TPSA) is 64.9 Å². The summed E-state index contributed by atoms with van der Waals surface area (Å²) in [5.41, 5.74) is 6.85. The van der Waals surface area contributed by atoms with Crippen LogP contribution in [-0.4, -0.2) is 10.1 Å². The second kappa shape index (κ2) is 4.90. The fraction of sp³-hybridized carbons (Fsp3) is 0.429. The van der Waals surface area contributed by atoms with Gasteiger partial charge < -0.3 is 10.3 Å². The highest BCUT2D eigenvalue weighted by atomic mass is 16.5. The first-order chi connectivity index (χ1) is 8.49. The van der Waals surface area contributed by atoms with Crippen molar-refractivity contribution in [3.8, 4) is 0 Å². The van der Waals surface area contributed by atoms with E-state index in [4.69, 9.17) is 10.3 Å². The summed E-state index contributed by atoms with van der Waals surface area (Å²) in [5, 5.41) is 3.99. The SMILES string of the molecule is CC(C)c1nc(C(C)(N)Cc2ccccc2)no1. The van der Waals surface area contributed by atoms with Crippen LogP contribution in [0.1, 0.15) is 44.0 Å². The Morgan fingerprint density at radius 1 is 1.28 bits per heavy atom. The maximum Gasteiger partial charge on any atom is 0.229 e. The largest absolute Gasteiger partial charge is 0.339 e. The Balaban J connectivity index is 2.19. The maximum atomic E-state index is 6.30. The van der Waals surface area contributed by atoms with E-state index in [1.54, 1.807) is 0 Å². The van der Waals surface area contributed by atoms with E-state index in [-0.39, 0.29) is 5.92 Å². The number of hydrogen-bond donors (Lipinski definition) is 1. The molecule has 4 nitrogen and oxygen atoms in total. The van der Waals surface area contributed by atoms with Crippen LogP contribution in [0.5, 0.6) is 0 Å². The van der Waals surface area contributed by atoms with Crippen LogP contribution in [0.25, 0.3) is 0 Å². The Morgan fingerprint density at radius 3 is 2.50 bits per heavy atom. The van der Waals surface area contributed by atoms with Crippen molar-refractivity contribution in [2.75, 3.05) is 0 Å². The average Bonchev–Trinajstić information content (AvgIpc) is 2.79. The van der Waals surface area contributed by atoms with Crippen molar-refractivity contribution in [3.05, 3.63) is 47.6 Å². The first kappa shape index (κ1) is 12.8. The molecule has 0 saturated carbocycles. The van der Waals surface area contributed by atoms with Crippen molar-refractivity contribution >= 4 is 0 Å². The number of rotatable bonds is 4. The highest BCUT2D eigenvalue weighted by Gasteiger charge is 2.28. The molecule has 4 heteroatoms. The van der Waals surface area contributed by atoms with Gasteiger partial charge in [0.25, 0.3) is 0 Å². The van der Waals surface area contributed by atoms with E-state index >= 15 is 0 Å². The number of hydrogen-bond acceptors (Lipinski definition) is 4. The third kappa shape index (κ3) is 2.76. The van der Waals surface area contributed by atoms with Crippen LogP contribution < -0.4 is 5.73 Å². The van der Waals surface area contributed by atoms with Crippen molar-refractivity contribution in [2.45, 2.75) is 38.6 Å². The molecule has 1 heterocycles. The second-order valence-electron chi connectivity index (χ2n) is 5.19. The fourth-order valence-electron chi connectivity index (χ4n) is 1.80. The maximum absolute atomic E-state index is 6.30. The van der Waals surface area contributed by atoms with Crippen molar-refractivity contribution < 1.29 is 4.52 Å². The Bertz CT molecular complexity index is 503. The molecule has 2 rings (SSSR count). The van der Waals surface area contributed by atoms with Gasteiger partial charge >= 0.3 is 0 Å². The van der Waals surface area contributed by atoms with Gasteiger partial charge in [0.05, 0.1) is 5.54 Å². The molecule has 0 bridgehead atoms. The molecule has 2 aromatic rings. The summed E-state index contributed by atoms with van der Waals surface area (Å²) in [5.74, 6) is 1.42. The number of nitrogens with zero attached hydrogens (tertiary/aromatic N) is 2. The molecule has 0 aliphatic rings. The van der Waals surface area contributed by atoms with E-state index in [2.05, 4.69) is 22.3 Å². The first-order valence-electron chi connectivity index (χ1n) is 6.16. The lowest BCUT2D eigenvalue weighted by molar-refractivity contribution is 0.345. The molecule has 1 unspecified atom stereocenters. The molecule has 0 aliphatic carbocycles. The summed E-state index contributed by atoms with van der Waals surface area (Å²) in [6.45, 7) is 5.96. The van der Waals surface area contributed by atoms with E-state index in [1.807, 2.05) is 39.0 Å². The summed E-state index contributed by atoms with van der Waals surface area (Å²) in [4.78, 5) is 4.37. The number of benzene rings is 1. The van der Waals surface area contributed by atoms with Gasteiger partial charge in [-0.25, -0.2) is 0 Å². The van der Waals surface area contributed by atoms with Crippen LogP contribution in [0.2, 0.25) is 0 Å². The zero-order chi connectivity index (χ0) is 13.2. The van der Waals surface area contributed by atoms with Gasteiger partial charge in [-0.05, 0) is 18.9 Å². The quantitative estimate of drug-likeness (QED) is 0.899. The Labute approximate surface area is 107 Å². The minimum atomic E-state index is -0.613. The molecule has 1 atom stereocenters. The summed E-state index contributed by atoms with van der Waals surface area (Å²) >= 11 is 0. The monoisotopic (exact) mass is 245 g/mol. The summed E-state index contributed by atoms with van der Waals surface area (Å²) in [6, 6.07) is 10.1. The summed E-state index contributed by atoms with van der Waals surface area (Å²) < 4.78 is 5.21. The summed E-state index contributed by atoms with van der Waals surface area (Å²) in [7, 11) is 0. The molecule has 0 aliphatic heterocycles. The standard InChI is InChI=1S/C14H19N3O/c1-10(2)12-16-13(17-18-12)14(3,15)9-11-7-5-4-6-8-11/h4-8,10H,9,15H2,1-3H3. The van der Waals surface area contributed by atoms with Gasteiger partial charge in [-0.2, -0.15) is 4.98 Å². The Kier molecular flexibility index (Phi) is 3.48. The van der Waals surface area contributed by atoms with E-state index in [0.717, 1.165) is 0 Å². The third-order valence-corrected chi connectivity index (χ3v) is 2.86. The van der Waals surface area contributed by atoms with Crippen LogP contribution in [0.15, 0.2) is 34.9 Å². The van der Waals surface area contributed by atoms with Gasteiger partial charge in [0.2, 0.25) is 5.89 Å². The zero-order valence-corrected chi connectivity index (χ0v) is 11.1. The molecule has 2 N–H and O–H groups in total. The van der Waals surface area contributed by atoms with E-state index in [1.165, 1.54) is 5.56 Å². The van der Waals surface area contributed by atoms with Crippen LogP contribution in [0, 0.1) is 0 Å². The van der Waals surface area contributed by atoms with Gasteiger partial charge in [0, 0.05) is 5.92 Å². The minimum absolute atomic E-state index is 0.221. The Hall–Kier alpha value is -1.68. The van der Waals surface area contributed by atoms with E-state index in [9.17, 15) is 0 Å². The molecule has 18 heavy (non-hydrogen) atoms. The van der Waals surface area contributed by atoms with Crippen LogP contribution in [-0.2, 0) is 12.0 Å². The van der Waals surface area contributed by atoms with Gasteiger partial charge in [0.1, 0.15) is 0 Å². The summed E-state index contributed by atoms with van der Waals surface area (Å²) in [6.07, 6.45) is 0.685. The zero-order valence-electron chi connectivity index (χ0n) is 11.1. The molecule has 1 aromatic carbocycles. The van der Waals surface area contributed by atoms with Crippen molar-refractivity contribution in [2.24, 2.45) is 5.73 Å². The van der Waals surface area contributed by atoms with Crippen LogP contribution in [0.3, 0.4) is 0 Å². The van der Waals surface area contributed by atoms with Crippen molar-refractivity contribution in [1.29, 1.82) is 0 Å². The predicted molar refractivity (Wildman–Crippen MR) is 70.1 cm³/mol.